The van der Waals surface area contributed by atoms with E-state index in [0.717, 1.165) is 28.8 Å². The molecule has 4 aromatic heterocycles. The maximum absolute atomic E-state index is 13.0. The predicted octanol–water partition coefficient (Wildman–Crippen LogP) is 0.490. The molecule has 0 atom stereocenters. The average Bonchev–Trinajstić information content (AvgIpc) is 2.88. The number of pyridine rings is 1. The molecular formula is C21H20FN9OP+. The number of hydrogen-bond donors (Lipinski definition) is 1. The van der Waals surface area contributed by atoms with Gasteiger partial charge in [-0.1, -0.05) is 5.10 Å². The van der Waals surface area contributed by atoms with E-state index >= 15 is 0 Å². The highest BCUT2D eigenvalue weighted by molar-refractivity contribution is 7.95. The van der Waals surface area contributed by atoms with Crippen molar-refractivity contribution in [1.29, 1.82) is 0 Å². The van der Waals surface area contributed by atoms with Crippen molar-refractivity contribution in [3.05, 3.63) is 79.3 Å². The van der Waals surface area contributed by atoms with Crippen molar-refractivity contribution in [3.8, 4) is 0 Å². The molecule has 0 bridgehead atoms. The van der Waals surface area contributed by atoms with Gasteiger partial charge in [0, 0.05) is 43.3 Å². The van der Waals surface area contributed by atoms with Gasteiger partial charge in [-0.15, -0.1) is 5.10 Å². The second-order valence-electron chi connectivity index (χ2n) is 6.98. The summed E-state index contributed by atoms with van der Waals surface area (Å²) in [7, 11) is -2.36. The van der Waals surface area contributed by atoms with Crippen molar-refractivity contribution in [3.63, 3.8) is 0 Å². The fraction of sp³-hybridized carbons (Fsp3) is 0.190. The molecule has 0 aliphatic rings. The molecule has 0 saturated heterocycles. The number of unbranched alkanes of at least 4 members (excludes halogenated alkanes) is 1. The van der Waals surface area contributed by atoms with Gasteiger partial charge in [-0.2, -0.15) is 4.39 Å². The van der Waals surface area contributed by atoms with Crippen LogP contribution in [0.1, 0.15) is 23.2 Å². The molecule has 0 saturated carbocycles. The largest absolute Gasteiger partial charge is 0.352 e. The first kappa shape index (κ1) is 22.3. The van der Waals surface area contributed by atoms with Crippen molar-refractivity contribution in [2.24, 2.45) is 0 Å². The van der Waals surface area contributed by atoms with Crippen LogP contribution in [0.2, 0.25) is 0 Å². The highest BCUT2D eigenvalue weighted by Gasteiger charge is 2.50. The first-order valence-corrected chi connectivity index (χ1v) is 12.1. The van der Waals surface area contributed by atoms with E-state index in [9.17, 15) is 9.18 Å². The van der Waals surface area contributed by atoms with E-state index in [2.05, 4.69) is 45.6 Å². The Labute approximate surface area is 189 Å². The van der Waals surface area contributed by atoms with Gasteiger partial charge in [0.05, 0.1) is 17.9 Å². The van der Waals surface area contributed by atoms with E-state index in [4.69, 9.17) is 0 Å². The van der Waals surface area contributed by atoms with E-state index in [-0.39, 0.29) is 5.91 Å². The van der Waals surface area contributed by atoms with E-state index in [1.54, 1.807) is 18.6 Å². The molecule has 33 heavy (non-hydrogen) atoms. The van der Waals surface area contributed by atoms with Gasteiger partial charge in [-0.25, -0.2) is 24.9 Å². The van der Waals surface area contributed by atoms with Crippen LogP contribution in [-0.4, -0.2) is 58.9 Å². The molecular weight excluding hydrogens is 443 g/mol. The number of hydrogen-bond acceptors (Lipinski definition) is 9. The Balaban J connectivity index is 1.53. The summed E-state index contributed by atoms with van der Waals surface area (Å²) in [6.45, 7) is 0.450. The lowest BCUT2D eigenvalue weighted by Crippen LogP contribution is -2.38. The number of rotatable bonds is 9. The zero-order valence-corrected chi connectivity index (χ0v) is 18.4. The Morgan fingerprint density at radius 2 is 1.61 bits per heavy atom. The molecule has 1 N–H and O–H groups in total. The van der Waals surface area contributed by atoms with Crippen molar-refractivity contribution in [2.75, 3.05) is 12.7 Å². The fourth-order valence-corrected chi connectivity index (χ4v) is 7.18. The second kappa shape index (κ2) is 10.6. The zero-order chi connectivity index (χ0) is 22.9. The highest BCUT2D eigenvalue weighted by atomic mass is 31.2. The molecule has 4 heterocycles. The van der Waals surface area contributed by atoms with Gasteiger partial charge in [0.15, 0.2) is 18.1 Å². The summed E-state index contributed by atoms with van der Waals surface area (Å²) in [6.07, 6.45) is 11.4. The average molecular weight is 463 g/mol. The molecule has 4 aromatic rings. The third kappa shape index (κ3) is 5.15. The second-order valence-corrected chi connectivity index (χ2v) is 10.4. The number of aromatic nitrogens is 8. The lowest BCUT2D eigenvalue weighted by Gasteiger charge is -2.23. The van der Waals surface area contributed by atoms with Crippen LogP contribution in [0, 0.1) is 5.95 Å². The van der Waals surface area contributed by atoms with Crippen LogP contribution in [-0.2, 0) is 0 Å². The summed E-state index contributed by atoms with van der Waals surface area (Å²) in [5.41, 5.74) is 2.74. The summed E-state index contributed by atoms with van der Waals surface area (Å²) >= 11 is 0. The van der Waals surface area contributed by atoms with Gasteiger partial charge in [0.2, 0.25) is 11.4 Å². The number of carbonyl (C=O) groups is 1. The Morgan fingerprint density at radius 1 is 0.879 bits per heavy atom. The third-order valence-electron chi connectivity index (χ3n) is 4.99. The van der Waals surface area contributed by atoms with Crippen LogP contribution in [0.25, 0.3) is 0 Å². The van der Waals surface area contributed by atoms with Gasteiger partial charge < -0.3 is 5.32 Å². The SMILES string of the molecule is O=C(NCCCC[P+](c1ccncn1)(c1ccncn1)c1ccnnn1)c1ccc([18F])nc1. The van der Waals surface area contributed by atoms with Gasteiger partial charge in [-0.3, -0.25) is 4.79 Å². The van der Waals surface area contributed by atoms with Crippen LogP contribution in [0.4, 0.5) is 4.39 Å². The summed E-state index contributed by atoms with van der Waals surface area (Å²) in [5, 5.41) is 14.9. The maximum Gasteiger partial charge on any atom is 0.252 e. The number of carbonyl (C=O) groups excluding carboxylic acids is 1. The highest BCUT2D eigenvalue weighted by Crippen LogP contribution is 2.53. The van der Waals surface area contributed by atoms with Crippen molar-refractivity contribution in [2.45, 2.75) is 12.8 Å². The van der Waals surface area contributed by atoms with Gasteiger partial charge in [0.25, 0.3) is 5.91 Å². The molecule has 10 nitrogen and oxygen atoms in total. The molecule has 1 amide bonds. The molecule has 0 aliphatic carbocycles. The summed E-state index contributed by atoms with van der Waals surface area (Å²) in [6, 6.07) is 8.16. The van der Waals surface area contributed by atoms with E-state index < -0.39 is 13.2 Å². The van der Waals surface area contributed by atoms with Gasteiger partial charge in [-0.05, 0) is 30.2 Å². The van der Waals surface area contributed by atoms with Gasteiger partial charge in [0.1, 0.15) is 12.7 Å². The number of amides is 1. The molecule has 4 rings (SSSR count). The summed E-state index contributed by atoms with van der Waals surface area (Å²) in [4.78, 5) is 33.0. The minimum Gasteiger partial charge on any atom is -0.352 e. The number of halogens is 1. The number of nitrogens with zero attached hydrogens (tertiary/aromatic N) is 8. The van der Waals surface area contributed by atoms with Crippen LogP contribution in [0.5, 0.6) is 0 Å². The van der Waals surface area contributed by atoms with E-state index in [0.29, 0.717) is 24.7 Å². The lowest BCUT2D eigenvalue weighted by molar-refractivity contribution is 0.0952. The molecule has 12 heteroatoms. The standard InChI is InChI=1S/C21H19FN9OP/c22-17-4-3-16(13-26-17)21(32)25-8-1-2-12-33(18-5-9-23-14-27-18,19-6-10-24-15-28-19)20-7-11-29-31-30-20/h3-7,9-11,13-15H,1-2,8,12H2/p+1/i22-1. The molecule has 0 unspecified atom stereocenters. The van der Waals surface area contributed by atoms with Crippen molar-refractivity contribution in [1.82, 2.24) is 45.6 Å². The predicted molar refractivity (Wildman–Crippen MR) is 120 cm³/mol. The quantitative estimate of drug-likeness (QED) is 0.214. The first-order chi connectivity index (χ1) is 16.2. The van der Waals surface area contributed by atoms with Crippen LogP contribution in [0.3, 0.4) is 0 Å². The Hall–Kier alpha value is -3.85. The van der Waals surface area contributed by atoms with Crippen LogP contribution >= 0.6 is 7.26 Å². The Bertz CT molecular complexity index is 1070. The monoisotopic (exact) mass is 463 g/mol. The third-order valence-corrected chi connectivity index (χ3v) is 9.09. The topological polar surface area (TPSA) is 132 Å². The molecule has 0 spiro atoms. The van der Waals surface area contributed by atoms with Crippen LogP contribution in [0.15, 0.2) is 67.8 Å². The molecule has 166 valence electrons. The maximum atomic E-state index is 13.0. The van der Waals surface area contributed by atoms with Crippen molar-refractivity contribution < 1.29 is 9.18 Å². The fourth-order valence-electron chi connectivity index (χ4n) is 3.44. The minimum absolute atomic E-state index is 0.296. The first-order valence-electron chi connectivity index (χ1n) is 10.2. The van der Waals surface area contributed by atoms with E-state index in [1.165, 1.54) is 24.9 Å². The van der Waals surface area contributed by atoms with Crippen molar-refractivity contribution >= 4 is 29.5 Å². The van der Waals surface area contributed by atoms with E-state index in [1.807, 2.05) is 18.2 Å². The minimum atomic E-state index is -2.36. The summed E-state index contributed by atoms with van der Waals surface area (Å²) < 4.78 is 13.0. The van der Waals surface area contributed by atoms with Gasteiger partial charge >= 0.3 is 0 Å². The molecule has 0 radical (unpaired) electrons. The number of nitrogens with one attached hydrogen (secondary N) is 1. The Morgan fingerprint density at radius 3 is 2.18 bits per heavy atom. The zero-order valence-electron chi connectivity index (χ0n) is 17.5. The summed E-state index contributed by atoms with van der Waals surface area (Å²) in [5.74, 6) is -0.921. The molecule has 0 fully saturated rings. The molecule has 0 aromatic carbocycles. The molecule has 0 aliphatic heterocycles. The lowest BCUT2D eigenvalue weighted by atomic mass is 10.2. The smallest absolute Gasteiger partial charge is 0.252 e. The normalized spacial score (nSPS) is 11.2. The Kier molecular flexibility index (Phi) is 7.21. The van der Waals surface area contributed by atoms with Crippen LogP contribution < -0.4 is 21.6 Å².